The van der Waals surface area contributed by atoms with E-state index in [4.69, 9.17) is 14.4 Å². The second kappa shape index (κ2) is 7.50. The molecular formula is C22H21N5O4. The van der Waals surface area contributed by atoms with Gasteiger partial charge in [-0.2, -0.15) is 4.98 Å². The van der Waals surface area contributed by atoms with E-state index in [0.717, 1.165) is 35.0 Å². The number of benzene rings is 1. The van der Waals surface area contributed by atoms with Gasteiger partial charge in [-0.15, -0.1) is 10.2 Å². The summed E-state index contributed by atoms with van der Waals surface area (Å²) in [5, 5.41) is 22.5. The highest BCUT2D eigenvalue weighted by atomic mass is 16.5. The summed E-state index contributed by atoms with van der Waals surface area (Å²) in [6.45, 7) is 3.84. The largest absolute Gasteiger partial charge is 0.481 e. The van der Waals surface area contributed by atoms with Gasteiger partial charge >= 0.3 is 5.97 Å². The Bertz CT molecular complexity index is 1260. The fourth-order valence-corrected chi connectivity index (χ4v) is 4.09. The number of aliphatic carboxylic acids is 1. The van der Waals surface area contributed by atoms with Crippen LogP contribution >= 0.6 is 0 Å². The summed E-state index contributed by atoms with van der Waals surface area (Å²) in [5.74, 6) is 0.423. The number of carboxylic acid groups (broad SMARTS) is 1. The molecule has 0 saturated heterocycles. The predicted octanol–water partition coefficient (Wildman–Crippen LogP) is 3.97. The molecule has 0 fully saturated rings. The number of carbonyl (C=O) groups is 1. The number of fused-ring (bicyclic) bond motifs is 3. The van der Waals surface area contributed by atoms with Crippen LogP contribution in [0.4, 0.5) is 0 Å². The van der Waals surface area contributed by atoms with Gasteiger partial charge in [0.05, 0.1) is 12.5 Å². The first-order valence-corrected chi connectivity index (χ1v) is 10.2. The third-order valence-corrected chi connectivity index (χ3v) is 5.41. The van der Waals surface area contributed by atoms with Crippen LogP contribution in [0.3, 0.4) is 0 Å². The fourth-order valence-electron chi connectivity index (χ4n) is 4.09. The van der Waals surface area contributed by atoms with Crippen molar-refractivity contribution in [2.75, 3.05) is 0 Å². The molecule has 0 spiro atoms. The van der Waals surface area contributed by atoms with Gasteiger partial charge in [-0.25, -0.2) is 0 Å². The van der Waals surface area contributed by atoms with Crippen LogP contribution < -0.4 is 4.74 Å². The zero-order chi connectivity index (χ0) is 21.5. The van der Waals surface area contributed by atoms with Crippen molar-refractivity contribution in [3.63, 3.8) is 0 Å². The third kappa shape index (κ3) is 3.63. The quantitative estimate of drug-likeness (QED) is 0.481. The lowest BCUT2D eigenvalue weighted by atomic mass is 10.0. The van der Waals surface area contributed by atoms with Crippen molar-refractivity contribution in [1.29, 1.82) is 0 Å². The highest BCUT2D eigenvalue weighted by molar-refractivity contribution is 5.89. The fraction of sp³-hybridized carbons (Fsp3) is 0.318. The van der Waals surface area contributed by atoms with Gasteiger partial charge < -0.3 is 19.4 Å². The molecule has 31 heavy (non-hydrogen) atoms. The molecule has 3 aromatic heterocycles. The number of carboxylic acids is 1. The summed E-state index contributed by atoms with van der Waals surface area (Å²) in [5.41, 5.74) is 4.48. The number of aryl methyl sites for hydroxylation is 1. The molecule has 0 saturated carbocycles. The lowest BCUT2D eigenvalue weighted by Gasteiger charge is -2.06. The van der Waals surface area contributed by atoms with Crippen molar-refractivity contribution in [3.05, 3.63) is 41.6 Å². The van der Waals surface area contributed by atoms with Gasteiger partial charge in [0.25, 0.3) is 5.89 Å². The molecule has 158 valence electrons. The Morgan fingerprint density at radius 3 is 2.90 bits per heavy atom. The molecule has 4 aromatic rings. The second-order valence-corrected chi connectivity index (χ2v) is 7.96. The van der Waals surface area contributed by atoms with Gasteiger partial charge in [0.2, 0.25) is 11.7 Å². The van der Waals surface area contributed by atoms with E-state index in [9.17, 15) is 4.79 Å². The van der Waals surface area contributed by atoms with Crippen molar-refractivity contribution < 1.29 is 19.2 Å². The zero-order valence-corrected chi connectivity index (χ0v) is 17.1. The molecule has 1 atom stereocenters. The highest BCUT2D eigenvalue weighted by Gasteiger charge is 2.28. The number of H-pyrrole nitrogens is 1. The number of aromatic amines is 1. The number of nitrogens with zero attached hydrogens (tertiary/aromatic N) is 4. The first kappa shape index (κ1) is 19.2. The molecule has 9 nitrogen and oxygen atoms in total. The zero-order valence-electron chi connectivity index (χ0n) is 17.1. The molecule has 3 heterocycles. The minimum atomic E-state index is -0.775. The summed E-state index contributed by atoms with van der Waals surface area (Å²) >= 11 is 0. The van der Waals surface area contributed by atoms with E-state index >= 15 is 0 Å². The lowest BCUT2D eigenvalue weighted by Crippen LogP contribution is -2.07. The molecule has 0 aliphatic heterocycles. The Morgan fingerprint density at radius 2 is 2.16 bits per heavy atom. The number of hydrogen-bond acceptors (Lipinski definition) is 7. The molecule has 1 unspecified atom stereocenters. The molecular weight excluding hydrogens is 398 g/mol. The number of ether oxygens (including phenoxy) is 1. The first-order chi connectivity index (χ1) is 15.0. The maximum atomic E-state index is 11.1. The Morgan fingerprint density at radius 1 is 1.29 bits per heavy atom. The standard InChI is InChI=1S/C22H21N5O4/c1-11(2)30-18-8-7-17(25-26-18)22-24-21(27-31-22)13-4-6-16-15(9-13)14-5-3-12(10-19(28)29)20(14)23-16/h4,6-9,11-12,23H,3,5,10H2,1-2H3,(H,28,29). The Balaban J connectivity index is 1.43. The van der Waals surface area contributed by atoms with Gasteiger partial charge in [-0.05, 0) is 56.5 Å². The molecule has 9 heteroatoms. The van der Waals surface area contributed by atoms with Gasteiger partial charge in [0.1, 0.15) is 0 Å². The SMILES string of the molecule is CC(C)Oc1ccc(-c2nc(-c3ccc4[nH]c5c(c4c3)CCC5CC(=O)O)no2)nn1. The average molecular weight is 419 g/mol. The number of nitrogens with one attached hydrogen (secondary N) is 1. The smallest absolute Gasteiger partial charge is 0.304 e. The number of aromatic nitrogens is 5. The van der Waals surface area contributed by atoms with Crippen LogP contribution in [-0.2, 0) is 11.2 Å². The van der Waals surface area contributed by atoms with Crippen LogP contribution in [-0.4, -0.2) is 42.5 Å². The summed E-state index contributed by atoms with van der Waals surface area (Å²) in [7, 11) is 0. The summed E-state index contributed by atoms with van der Waals surface area (Å²) < 4.78 is 10.9. The van der Waals surface area contributed by atoms with Crippen molar-refractivity contribution in [2.45, 2.75) is 45.1 Å². The van der Waals surface area contributed by atoms with E-state index in [1.807, 2.05) is 32.0 Å². The van der Waals surface area contributed by atoms with Gasteiger partial charge in [0.15, 0.2) is 5.69 Å². The van der Waals surface area contributed by atoms with Crippen molar-refractivity contribution in [1.82, 2.24) is 25.3 Å². The van der Waals surface area contributed by atoms with E-state index in [1.54, 1.807) is 12.1 Å². The minimum absolute atomic E-state index is 0.0133. The number of rotatable bonds is 6. The van der Waals surface area contributed by atoms with Crippen LogP contribution in [0.15, 0.2) is 34.9 Å². The normalized spacial score (nSPS) is 15.5. The molecule has 1 aliphatic rings. The van der Waals surface area contributed by atoms with E-state index in [-0.39, 0.29) is 24.3 Å². The molecule has 1 aliphatic carbocycles. The molecule has 2 N–H and O–H groups in total. The van der Waals surface area contributed by atoms with Crippen LogP contribution in [0.2, 0.25) is 0 Å². The molecule has 5 rings (SSSR count). The lowest BCUT2D eigenvalue weighted by molar-refractivity contribution is -0.137. The first-order valence-electron chi connectivity index (χ1n) is 10.2. The second-order valence-electron chi connectivity index (χ2n) is 7.96. The van der Waals surface area contributed by atoms with Crippen molar-refractivity contribution in [3.8, 4) is 28.9 Å². The Hall–Kier alpha value is -3.75. The summed E-state index contributed by atoms with van der Waals surface area (Å²) in [4.78, 5) is 19.0. The highest BCUT2D eigenvalue weighted by Crippen LogP contribution is 2.40. The van der Waals surface area contributed by atoms with Crippen molar-refractivity contribution >= 4 is 16.9 Å². The maximum absolute atomic E-state index is 11.1. The maximum Gasteiger partial charge on any atom is 0.304 e. The van der Waals surface area contributed by atoms with Crippen LogP contribution in [0.25, 0.3) is 33.9 Å². The van der Waals surface area contributed by atoms with Gasteiger partial charge in [0, 0.05) is 34.1 Å². The van der Waals surface area contributed by atoms with Crippen LogP contribution in [0.5, 0.6) is 5.88 Å². The minimum Gasteiger partial charge on any atom is -0.481 e. The van der Waals surface area contributed by atoms with Gasteiger partial charge in [-0.1, -0.05) is 5.16 Å². The summed E-state index contributed by atoms with van der Waals surface area (Å²) in [6, 6.07) is 9.35. The average Bonchev–Trinajstić information content (AvgIpc) is 3.44. The number of hydrogen-bond donors (Lipinski definition) is 2. The molecule has 1 aromatic carbocycles. The Labute approximate surface area is 177 Å². The van der Waals surface area contributed by atoms with E-state index in [1.165, 1.54) is 5.56 Å². The summed E-state index contributed by atoms with van der Waals surface area (Å²) in [6.07, 6.45) is 1.85. The molecule has 0 bridgehead atoms. The van der Waals surface area contributed by atoms with E-state index in [2.05, 4.69) is 25.3 Å². The van der Waals surface area contributed by atoms with E-state index in [0.29, 0.717) is 17.4 Å². The van der Waals surface area contributed by atoms with Gasteiger partial charge in [-0.3, -0.25) is 4.79 Å². The van der Waals surface area contributed by atoms with E-state index < -0.39 is 5.97 Å². The monoisotopic (exact) mass is 419 g/mol. The third-order valence-electron chi connectivity index (χ3n) is 5.41. The topological polar surface area (TPSA) is 127 Å². The Kier molecular flexibility index (Phi) is 4.65. The molecule has 0 radical (unpaired) electrons. The van der Waals surface area contributed by atoms with Crippen LogP contribution in [0, 0.1) is 0 Å². The van der Waals surface area contributed by atoms with Crippen molar-refractivity contribution in [2.24, 2.45) is 0 Å². The molecule has 0 amide bonds. The van der Waals surface area contributed by atoms with Crippen LogP contribution in [0.1, 0.15) is 43.9 Å². The predicted molar refractivity (Wildman–Crippen MR) is 112 cm³/mol.